The summed E-state index contributed by atoms with van der Waals surface area (Å²) in [6, 6.07) is 12.1. The molecular weight excluding hydrogens is 513 g/mol. The van der Waals surface area contributed by atoms with Gasteiger partial charge in [-0.1, -0.05) is 0 Å². The van der Waals surface area contributed by atoms with Gasteiger partial charge in [-0.25, -0.2) is 14.2 Å². The van der Waals surface area contributed by atoms with E-state index in [2.05, 4.69) is 35.9 Å². The molecule has 3 N–H and O–H groups in total. The predicted molar refractivity (Wildman–Crippen MR) is 146 cm³/mol. The highest BCUT2D eigenvalue weighted by molar-refractivity contribution is 6.01. The van der Waals surface area contributed by atoms with E-state index in [0.29, 0.717) is 28.4 Å². The summed E-state index contributed by atoms with van der Waals surface area (Å²) in [5.41, 5.74) is 2.74. The molecule has 5 aromatic rings. The van der Waals surface area contributed by atoms with Gasteiger partial charge in [0.25, 0.3) is 0 Å². The van der Waals surface area contributed by atoms with Gasteiger partial charge < -0.3 is 15.4 Å². The molecule has 1 aromatic carbocycles. The lowest BCUT2D eigenvalue weighted by Crippen LogP contribution is -2.22. The smallest absolute Gasteiger partial charge is 0.323 e. The first-order chi connectivity index (χ1) is 19.2. The van der Waals surface area contributed by atoms with Crippen molar-refractivity contribution in [2.45, 2.75) is 26.3 Å². The average molecular weight is 538 g/mol. The Morgan fingerprint density at radius 2 is 1.82 bits per heavy atom. The fraction of sp³-hybridized carbons (Fsp3) is 0.143. The van der Waals surface area contributed by atoms with Gasteiger partial charge >= 0.3 is 6.03 Å². The normalized spacial score (nSPS) is 11.1. The van der Waals surface area contributed by atoms with Crippen LogP contribution < -0.4 is 15.4 Å². The molecular formula is C28H24FN9O2. The molecule has 0 saturated heterocycles. The van der Waals surface area contributed by atoms with Crippen LogP contribution in [0.2, 0.25) is 0 Å². The number of halogens is 1. The molecule has 5 rings (SSSR count). The molecule has 4 heterocycles. The van der Waals surface area contributed by atoms with E-state index in [0.717, 1.165) is 5.56 Å². The average Bonchev–Trinajstić information content (AvgIpc) is 3.61. The number of benzene rings is 1. The van der Waals surface area contributed by atoms with Crippen LogP contribution in [-0.2, 0) is 5.54 Å². The maximum atomic E-state index is 14.9. The Bertz CT molecular complexity index is 1700. The summed E-state index contributed by atoms with van der Waals surface area (Å²) in [4.78, 5) is 21.2. The van der Waals surface area contributed by atoms with Crippen molar-refractivity contribution in [3.05, 3.63) is 85.0 Å². The van der Waals surface area contributed by atoms with Crippen molar-refractivity contribution in [3.8, 4) is 40.1 Å². The number of aromatic nitrogens is 6. The Labute approximate surface area is 228 Å². The minimum Gasteiger partial charge on any atom is -0.457 e. The largest absolute Gasteiger partial charge is 0.457 e. The number of rotatable bonds is 6. The second-order valence-corrected chi connectivity index (χ2v) is 9.74. The van der Waals surface area contributed by atoms with Crippen LogP contribution in [0, 0.1) is 17.1 Å². The maximum absolute atomic E-state index is 14.9. The third kappa shape index (κ3) is 5.78. The van der Waals surface area contributed by atoms with Gasteiger partial charge in [0.1, 0.15) is 34.8 Å². The molecule has 0 fully saturated rings. The zero-order valence-corrected chi connectivity index (χ0v) is 21.8. The number of carbonyl (C=O) groups excluding carboxylic acids is 1. The number of urea groups is 1. The van der Waals surface area contributed by atoms with Crippen molar-refractivity contribution in [1.29, 1.82) is 5.26 Å². The van der Waals surface area contributed by atoms with Crippen LogP contribution in [0.4, 0.5) is 20.6 Å². The van der Waals surface area contributed by atoms with E-state index in [1.165, 1.54) is 18.3 Å². The second kappa shape index (κ2) is 10.7. The Morgan fingerprint density at radius 3 is 2.50 bits per heavy atom. The lowest BCUT2D eigenvalue weighted by molar-refractivity contribution is 0.262. The topological polar surface area (TPSA) is 146 Å². The molecule has 12 heteroatoms. The lowest BCUT2D eigenvalue weighted by atomic mass is 10.1. The monoisotopic (exact) mass is 537 g/mol. The number of ether oxygens (including phenoxy) is 1. The van der Waals surface area contributed by atoms with Crippen molar-refractivity contribution in [3.63, 3.8) is 0 Å². The van der Waals surface area contributed by atoms with E-state index in [9.17, 15) is 9.18 Å². The van der Waals surface area contributed by atoms with Crippen LogP contribution in [-0.4, -0.2) is 36.0 Å². The van der Waals surface area contributed by atoms with Gasteiger partial charge in [0.2, 0.25) is 0 Å². The highest BCUT2D eigenvalue weighted by Crippen LogP contribution is 2.30. The number of nitrogens with zero attached hydrogens (tertiary/aromatic N) is 6. The van der Waals surface area contributed by atoms with E-state index < -0.39 is 11.8 Å². The summed E-state index contributed by atoms with van der Waals surface area (Å²) < 4.78 is 22.4. The van der Waals surface area contributed by atoms with E-state index in [1.807, 2.05) is 26.8 Å². The van der Waals surface area contributed by atoms with Gasteiger partial charge in [0.05, 0.1) is 28.8 Å². The molecule has 200 valence electrons. The van der Waals surface area contributed by atoms with Crippen molar-refractivity contribution < 1.29 is 13.9 Å². The van der Waals surface area contributed by atoms with E-state index in [1.54, 1.807) is 59.8 Å². The number of amides is 2. The van der Waals surface area contributed by atoms with Crippen LogP contribution in [0.25, 0.3) is 22.5 Å². The summed E-state index contributed by atoms with van der Waals surface area (Å²) in [6.07, 6.45) is 8.12. The highest BCUT2D eigenvalue weighted by atomic mass is 19.1. The number of hydrogen-bond acceptors (Lipinski definition) is 7. The Balaban J connectivity index is 1.31. The molecule has 0 aliphatic heterocycles. The Kier molecular flexibility index (Phi) is 6.94. The molecule has 0 saturated carbocycles. The molecule has 0 bridgehead atoms. The van der Waals surface area contributed by atoms with Gasteiger partial charge in [-0.2, -0.15) is 15.5 Å². The number of pyridine rings is 2. The Morgan fingerprint density at radius 1 is 1.02 bits per heavy atom. The number of nitrogens with one attached hydrogen (secondary N) is 3. The first-order valence-corrected chi connectivity index (χ1v) is 12.2. The predicted octanol–water partition coefficient (Wildman–Crippen LogP) is 5.93. The summed E-state index contributed by atoms with van der Waals surface area (Å²) in [7, 11) is 0. The summed E-state index contributed by atoms with van der Waals surface area (Å²) in [5.74, 6) is 0.0262. The molecule has 0 aliphatic rings. The highest BCUT2D eigenvalue weighted by Gasteiger charge is 2.21. The quantitative estimate of drug-likeness (QED) is 0.243. The van der Waals surface area contributed by atoms with Gasteiger partial charge in [0, 0.05) is 48.0 Å². The zero-order chi connectivity index (χ0) is 28.3. The lowest BCUT2D eigenvalue weighted by Gasteiger charge is -2.18. The second-order valence-electron chi connectivity index (χ2n) is 9.74. The molecule has 40 heavy (non-hydrogen) atoms. The fourth-order valence-electron chi connectivity index (χ4n) is 3.72. The van der Waals surface area contributed by atoms with Crippen molar-refractivity contribution in [2.24, 2.45) is 0 Å². The number of H-pyrrole nitrogens is 1. The summed E-state index contributed by atoms with van der Waals surface area (Å²) in [6.45, 7) is 5.90. The number of hydrogen-bond donors (Lipinski definition) is 3. The third-order valence-electron chi connectivity index (χ3n) is 5.75. The van der Waals surface area contributed by atoms with Crippen molar-refractivity contribution in [1.82, 2.24) is 29.9 Å². The molecule has 4 aromatic heterocycles. The molecule has 11 nitrogen and oxygen atoms in total. The standard InChI is InChI=1S/C28H24FN9O2/c1-28(2,3)38-16-25(26(37-38)17-4-5-19(12-30)32-13-17)36-27(39)35-23-7-6-20(10-22(23)29)40-21-8-9-31-24(11-21)18-14-33-34-15-18/h4-11,13-16H,1-3H3,(H,33,34)(H2,35,36,39). The maximum Gasteiger partial charge on any atom is 0.323 e. The van der Waals surface area contributed by atoms with Crippen LogP contribution in [0.1, 0.15) is 26.5 Å². The first kappa shape index (κ1) is 26.1. The number of aromatic amines is 1. The molecule has 0 radical (unpaired) electrons. The van der Waals surface area contributed by atoms with Crippen molar-refractivity contribution in [2.75, 3.05) is 10.6 Å². The van der Waals surface area contributed by atoms with Crippen LogP contribution in [0.5, 0.6) is 11.5 Å². The number of carbonyl (C=O) groups is 1. The van der Waals surface area contributed by atoms with Crippen LogP contribution in [0.15, 0.2) is 73.4 Å². The molecule has 2 amide bonds. The van der Waals surface area contributed by atoms with Crippen LogP contribution in [0.3, 0.4) is 0 Å². The van der Waals surface area contributed by atoms with Gasteiger partial charge in [0.15, 0.2) is 0 Å². The molecule has 0 atom stereocenters. The van der Waals surface area contributed by atoms with E-state index in [4.69, 9.17) is 10.00 Å². The van der Waals surface area contributed by atoms with E-state index >= 15 is 0 Å². The Hall–Kier alpha value is -5.57. The minimum absolute atomic E-state index is 0.0385. The van der Waals surface area contributed by atoms with E-state index in [-0.39, 0.29) is 22.7 Å². The molecule has 0 unspecified atom stereocenters. The van der Waals surface area contributed by atoms with Gasteiger partial charge in [-0.3, -0.25) is 14.8 Å². The van der Waals surface area contributed by atoms with Crippen LogP contribution >= 0.6 is 0 Å². The summed E-state index contributed by atoms with van der Waals surface area (Å²) in [5, 5.41) is 25.6. The fourth-order valence-corrected chi connectivity index (χ4v) is 3.72. The molecule has 0 spiro atoms. The SMILES string of the molecule is CC(C)(C)n1cc(NC(=O)Nc2ccc(Oc3ccnc(-c4cn[nH]c4)c3)cc2F)c(-c2ccc(C#N)nc2)n1. The third-order valence-corrected chi connectivity index (χ3v) is 5.75. The molecule has 0 aliphatic carbocycles. The first-order valence-electron chi connectivity index (χ1n) is 12.2. The number of nitriles is 1. The number of anilines is 2. The van der Waals surface area contributed by atoms with Gasteiger partial charge in [-0.15, -0.1) is 0 Å². The summed E-state index contributed by atoms with van der Waals surface area (Å²) >= 11 is 0. The van der Waals surface area contributed by atoms with Gasteiger partial charge in [-0.05, 0) is 51.1 Å². The minimum atomic E-state index is -0.682. The van der Waals surface area contributed by atoms with Crippen molar-refractivity contribution >= 4 is 17.4 Å². The zero-order valence-electron chi connectivity index (χ0n) is 21.8.